The molecule has 1 saturated heterocycles. The lowest BCUT2D eigenvalue weighted by Gasteiger charge is -2.35. The summed E-state index contributed by atoms with van der Waals surface area (Å²) in [7, 11) is -2.87. The number of hydrogen-bond donors (Lipinski definition) is 2. The highest BCUT2D eigenvalue weighted by atomic mass is 31.1. The minimum atomic E-state index is -2.87. The molecule has 7 nitrogen and oxygen atoms in total. The standard InChI is InChI=1S/C28H29N3O.HO3P/c1-3-21(4-2)25-26(32-25)27-29-20-31(30-27)28(22-14-8-5-9-15-22,23-16-10-6-11-17-23)24-18-12-7-13-19-24;1-4(2)3/h5-21,25-26H,3-4H2,1-2H3;(H-,1,2,3)/p+1. The van der Waals surface area contributed by atoms with Crippen LogP contribution < -0.4 is 0 Å². The van der Waals surface area contributed by atoms with Gasteiger partial charge in [-0.15, -0.1) is 9.79 Å². The quantitative estimate of drug-likeness (QED) is 0.183. The molecule has 36 heavy (non-hydrogen) atoms. The molecule has 0 aliphatic carbocycles. The SMILES string of the molecule is CCC(CC)C1OC1c1ncn(C(c2ccccc2)(c2ccccc2)c2ccccc2)n1.O=[P+](O)O. The Morgan fingerprint density at radius 1 is 0.861 bits per heavy atom. The van der Waals surface area contributed by atoms with Gasteiger partial charge < -0.3 is 4.74 Å². The van der Waals surface area contributed by atoms with E-state index < -0.39 is 13.8 Å². The molecule has 8 heteroatoms. The second kappa shape index (κ2) is 11.7. The van der Waals surface area contributed by atoms with Crippen molar-refractivity contribution in [3.63, 3.8) is 0 Å². The number of benzene rings is 3. The third kappa shape index (κ3) is 5.30. The molecule has 0 bridgehead atoms. The van der Waals surface area contributed by atoms with E-state index in [-0.39, 0.29) is 12.2 Å². The van der Waals surface area contributed by atoms with Crippen molar-refractivity contribution < 1.29 is 19.1 Å². The van der Waals surface area contributed by atoms with Crippen LogP contribution in [0.3, 0.4) is 0 Å². The maximum absolute atomic E-state index is 8.70. The van der Waals surface area contributed by atoms with E-state index in [9.17, 15) is 0 Å². The number of hydrogen-bond acceptors (Lipinski definition) is 4. The van der Waals surface area contributed by atoms with Crippen LogP contribution in [0.4, 0.5) is 0 Å². The molecule has 1 fully saturated rings. The van der Waals surface area contributed by atoms with Crippen molar-refractivity contribution in [1.82, 2.24) is 14.8 Å². The van der Waals surface area contributed by atoms with E-state index in [1.54, 1.807) is 0 Å². The molecule has 186 valence electrons. The minimum absolute atomic E-state index is 0.0128. The molecule has 2 atom stereocenters. The molecule has 2 unspecified atom stereocenters. The van der Waals surface area contributed by atoms with Crippen LogP contribution in [0, 0.1) is 5.92 Å². The number of ether oxygens (including phenoxy) is 1. The Morgan fingerprint density at radius 3 is 1.67 bits per heavy atom. The lowest BCUT2D eigenvalue weighted by molar-refractivity contribution is 0.303. The van der Waals surface area contributed by atoms with Crippen LogP contribution in [0.25, 0.3) is 0 Å². The van der Waals surface area contributed by atoms with Crippen molar-refractivity contribution in [2.24, 2.45) is 5.92 Å². The second-order valence-electron chi connectivity index (χ2n) is 8.71. The van der Waals surface area contributed by atoms with Gasteiger partial charge in [0.05, 0.1) is 6.10 Å². The van der Waals surface area contributed by atoms with Crippen molar-refractivity contribution in [3.05, 3.63) is 120 Å². The van der Waals surface area contributed by atoms with Gasteiger partial charge in [0.15, 0.2) is 5.82 Å². The largest absolute Gasteiger partial charge is 0.692 e. The summed E-state index contributed by atoms with van der Waals surface area (Å²) in [6.45, 7) is 4.45. The predicted octanol–water partition coefficient (Wildman–Crippen LogP) is 5.62. The highest BCUT2D eigenvalue weighted by Gasteiger charge is 2.48. The van der Waals surface area contributed by atoms with Gasteiger partial charge in [0.25, 0.3) is 0 Å². The van der Waals surface area contributed by atoms with Gasteiger partial charge in [-0.1, -0.05) is 118 Å². The summed E-state index contributed by atoms with van der Waals surface area (Å²) in [5.41, 5.74) is 2.79. The first kappa shape index (κ1) is 25.9. The summed E-state index contributed by atoms with van der Waals surface area (Å²) >= 11 is 0. The molecular formula is C28H31N3O4P+. The van der Waals surface area contributed by atoms with Gasteiger partial charge in [-0.05, 0) is 22.6 Å². The Morgan fingerprint density at radius 2 is 1.28 bits per heavy atom. The first-order valence-corrected chi connectivity index (χ1v) is 13.3. The third-order valence-corrected chi connectivity index (χ3v) is 6.72. The van der Waals surface area contributed by atoms with Gasteiger partial charge in [-0.2, -0.15) is 5.10 Å². The molecule has 3 aromatic carbocycles. The molecule has 5 rings (SSSR count). The zero-order chi connectivity index (χ0) is 25.5. The average molecular weight is 505 g/mol. The highest BCUT2D eigenvalue weighted by Crippen LogP contribution is 2.45. The fourth-order valence-electron chi connectivity index (χ4n) is 4.95. The summed E-state index contributed by atoms with van der Waals surface area (Å²) in [6, 6.07) is 31.7. The van der Waals surface area contributed by atoms with Crippen molar-refractivity contribution in [3.8, 4) is 0 Å². The van der Waals surface area contributed by atoms with E-state index in [0.29, 0.717) is 5.92 Å². The highest BCUT2D eigenvalue weighted by molar-refractivity contribution is 7.30. The summed E-state index contributed by atoms with van der Waals surface area (Å²) in [5, 5.41) is 5.06. The number of epoxide rings is 1. The van der Waals surface area contributed by atoms with Crippen LogP contribution in [0.15, 0.2) is 97.3 Å². The molecule has 0 radical (unpaired) electrons. The molecule has 0 spiro atoms. The van der Waals surface area contributed by atoms with E-state index in [0.717, 1.165) is 35.4 Å². The van der Waals surface area contributed by atoms with Crippen molar-refractivity contribution in [1.29, 1.82) is 0 Å². The van der Waals surface area contributed by atoms with E-state index >= 15 is 0 Å². The summed E-state index contributed by atoms with van der Waals surface area (Å²) < 4.78 is 16.8. The van der Waals surface area contributed by atoms with Crippen LogP contribution in [-0.2, 0) is 14.8 Å². The van der Waals surface area contributed by atoms with Gasteiger partial charge in [0.2, 0.25) is 0 Å². The Hall–Kier alpha value is -3.22. The number of nitrogens with zero attached hydrogens (tertiary/aromatic N) is 3. The van der Waals surface area contributed by atoms with E-state index in [1.807, 2.05) is 11.0 Å². The van der Waals surface area contributed by atoms with Crippen LogP contribution in [0.1, 0.15) is 55.3 Å². The molecule has 1 aliphatic rings. The van der Waals surface area contributed by atoms with Crippen molar-refractivity contribution in [2.45, 2.75) is 44.4 Å². The molecule has 0 saturated carbocycles. The van der Waals surface area contributed by atoms with E-state index in [2.05, 4.69) is 105 Å². The van der Waals surface area contributed by atoms with Gasteiger partial charge in [0.1, 0.15) is 18.0 Å². The Balaban J connectivity index is 0.000000709. The molecule has 0 amide bonds. The average Bonchev–Trinajstić information content (AvgIpc) is 3.54. The Bertz CT molecular complexity index is 1150. The monoisotopic (exact) mass is 504 g/mol. The fraction of sp³-hybridized carbons (Fsp3) is 0.286. The number of aromatic nitrogens is 3. The van der Waals surface area contributed by atoms with Crippen LogP contribution >= 0.6 is 8.25 Å². The topological polar surface area (TPSA) is 101 Å². The molecule has 2 heterocycles. The second-order valence-corrected chi connectivity index (χ2v) is 9.21. The van der Waals surface area contributed by atoms with Crippen LogP contribution in [0.2, 0.25) is 0 Å². The first-order chi connectivity index (χ1) is 17.5. The zero-order valence-electron chi connectivity index (χ0n) is 20.4. The Kier molecular flexibility index (Phi) is 8.39. The molecule has 4 aromatic rings. The maximum Gasteiger partial charge on any atom is 0.692 e. The molecular weight excluding hydrogens is 473 g/mol. The van der Waals surface area contributed by atoms with Crippen LogP contribution in [-0.4, -0.2) is 30.7 Å². The van der Waals surface area contributed by atoms with Crippen molar-refractivity contribution in [2.75, 3.05) is 0 Å². The summed E-state index contributed by atoms with van der Waals surface area (Å²) in [6.07, 6.45) is 4.30. The minimum Gasteiger partial charge on any atom is -0.361 e. The van der Waals surface area contributed by atoms with Crippen LogP contribution in [0.5, 0.6) is 0 Å². The van der Waals surface area contributed by atoms with Gasteiger partial charge >= 0.3 is 8.25 Å². The molecule has 1 aromatic heterocycles. The normalized spacial score (nSPS) is 16.8. The molecule has 2 N–H and O–H groups in total. The predicted molar refractivity (Wildman–Crippen MR) is 138 cm³/mol. The Labute approximate surface area is 212 Å². The van der Waals surface area contributed by atoms with Gasteiger partial charge in [-0.25, -0.2) is 9.67 Å². The summed E-state index contributed by atoms with van der Waals surface area (Å²) in [5.74, 6) is 1.32. The fourth-order valence-corrected chi connectivity index (χ4v) is 4.95. The van der Waals surface area contributed by atoms with E-state index in [4.69, 9.17) is 29.2 Å². The lowest BCUT2D eigenvalue weighted by Crippen LogP contribution is -2.38. The summed E-state index contributed by atoms with van der Waals surface area (Å²) in [4.78, 5) is 19.0. The van der Waals surface area contributed by atoms with Crippen molar-refractivity contribution >= 4 is 8.25 Å². The van der Waals surface area contributed by atoms with Gasteiger partial charge in [-0.3, -0.25) is 0 Å². The zero-order valence-corrected chi connectivity index (χ0v) is 21.3. The first-order valence-electron chi connectivity index (χ1n) is 12.1. The smallest absolute Gasteiger partial charge is 0.361 e. The maximum atomic E-state index is 8.70. The van der Waals surface area contributed by atoms with Gasteiger partial charge in [0, 0.05) is 4.57 Å². The lowest BCUT2D eigenvalue weighted by atomic mass is 9.77. The molecule has 1 aliphatic heterocycles. The third-order valence-electron chi connectivity index (χ3n) is 6.72. The number of rotatable bonds is 8. The van der Waals surface area contributed by atoms with E-state index in [1.165, 1.54) is 0 Å².